The molecule has 0 atom stereocenters. The average molecular weight is 214 g/mol. The van der Waals surface area contributed by atoms with Gasteiger partial charge in [0.15, 0.2) is 5.84 Å². The minimum absolute atomic E-state index is 0.110. The molecule has 0 fully saturated rings. The van der Waals surface area contributed by atoms with Crippen LogP contribution in [0.5, 0.6) is 0 Å². The van der Waals surface area contributed by atoms with Crippen LogP contribution >= 0.6 is 23.1 Å². The number of hydrogen-bond donors (Lipinski definition) is 2. The van der Waals surface area contributed by atoms with Gasteiger partial charge in [0.1, 0.15) is 0 Å². The lowest BCUT2D eigenvalue weighted by molar-refractivity contribution is 0.319. The second-order valence-electron chi connectivity index (χ2n) is 2.22. The summed E-state index contributed by atoms with van der Waals surface area (Å²) in [6.07, 6.45) is 5.41. The molecule has 1 rings (SSSR count). The van der Waals surface area contributed by atoms with Crippen LogP contribution in [-0.4, -0.2) is 17.3 Å². The standard InChI is InChI=1S/C8H10N2OS2/c1-12-8-5-3-6(13-8)2-4-7(9)10-11/h2-5,11H,1H3,(H2,9,10). The third-order valence-electron chi connectivity index (χ3n) is 1.34. The summed E-state index contributed by atoms with van der Waals surface area (Å²) < 4.78 is 1.25. The van der Waals surface area contributed by atoms with Gasteiger partial charge in [0, 0.05) is 4.88 Å². The van der Waals surface area contributed by atoms with E-state index in [0.29, 0.717) is 0 Å². The highest BCUT2D eigenvalue weighted by Gasteiger charge is 1.94. The van der Waals surface area contributed by atoms with Gasteiger partial charge in [0.25, 0.3) is 0 Å². The van der Waals surface area contributed by atoms with Crippen molar-refractivity contribution in [3.05, 3.63) is 23.1 Å². The van der Waals surface area contributed by atoms with E-state index in [0.717, 1.165) is 4.88 Å². The fourth-order valence-electron chi connectivity index (χ4n) is 0.735. The number of thioether (sulfide) groups is 1. The molecule has 0 amide bonds. The molecule has 0 aliphatic heterocycles. The summed E-state index contributed by atoms with van der Waals surface area (Å²) in [5, 5.41) is 11.1. The van der Waals surface area contributed by atoms with Crippen LogP contribution in [-0.2, 0) is 0 Å². The zero-order chi connectivity index (χ0) is 9.68. The van der Waals surface area contributed by atoms with Crippen molar-refractivity contribution < 1.29 is 5.21 Å². The summed E-state index contributed by atoms with van der Waals surface area (Å²) in [5.74, 6) is 0.110. The lowest BCUT2D eigenvalue weighted by Crippen LogP contribution is -2.06. The maximum absolute atomic E-state index is 8.28. The Hall–Kier alpha value is -0.940. The lowest BCUT2D eigenvalue weighted by Gasteiger charge is -1.86. The number of oxime groups is 1. The highest BCUT2D eigenvalue weighted by molar-refractivity contribution is 8.00. The van der Waals surface area contributed by atoms with Gasteiger partial charge in [-0.15, -0.1) is 23.1 Å². The number of nitrogens with two attached hydrogens (primary N) is 1. The van der Waals surface area contributed by atoms with Crippen molar-refractivity contribution in [1.82, 2.24) is 0 Å². The van der Waals surface area contributed by atoms with Crippen LogP contribution in [0.4, 0.5) is 0 Å². The molecule has 0 spiro atoms. The van der Waals surface area contributed by atoms with Crippen LogP contribution in [0.1, 0.15) is 4.88 Å². The molecule has 0 bridgehead atoms. The SMILES string of the molecule is CSc1ccc(C=CC(N)=NO)s1. The summed E-state index contributed by atoms with van der Waals surface area (Å²) in [6, 6.07) is 4.04. The Balaban J connectivity index is 2.69. The van der Waals surface area contributed by atoms with Crippen molar-refractivity contribution in [2.75, 3.05) is 6.26 Å². The third kappa shape index (κ3) is 3.12. The first-order chi connectivity index (χ1) is 6.26. The van der Waals surface area contributed by atoms with E-state index in [9.17, 15) is 0 Å². The van der Waals surface area contributed by atoms with Crippen LogP contribution in [0.25, 0.3) is 6.08 Å². The molecule has 0 saturated heterocycles. The van der Waals surface area contributed by atoms with Crippen LogP contribution in [0, 0.1) is 0 Å². The summed E-state index contributed by atoms with van der Waals surface area (Å²) in [6.45, 7) is 0. The zero-order valence-corrected chi connectivity index (χ0v) is 8.73. The first-order valence-corrected chi connectivity index (χ1v) is 5.60. The molecule has 70 valence electrons. The molecule has 3 N–H and O–H groups in total. The predicted octanol–water partition coefficient (Wildman–Crippen LogP) is 2.23. The van der Waals surface area contributed by atoms with Gasteiger partial charge in [-0.2, -0.15) is 0 Å². The molecule has 0 aliphatic carbocycles. The molecular formula is C8H10N2OS2. The van der Waals surface area contributed by atoms with Crippen LogP contribution < -0.4 is 5.73 Å². The van der Waals surface area contributed by atoms with Crippen molar-refractivity contribution >= 4 is 35.0 Å². The van der Waals surface area contributed by atoms with Gasteiger partial charge in [-0.05, 0) is 30.5 Å². The van der Waals surface area contributed by atoms with Gasteiger partial charge < -0.3 is 10.9 Å². The minimum atomic E-state index is 0.110. The summed E-state index contributed by atoms with van der Waals surface area (Å²) >= 11 is 3.37. The van der Waals surface area contributed by atoms with E-state index >= 15 is 0 Å². The maximum atomic E-state index is 8.28. The number of thiophene rings is 1. The van der Waals surface area contributed by atoms with E-state index in [1.807, 2.05) is 24.5 Å². The van der Waals surface area contributed by atoms with E-state index in [2.05, 4.69) is 5.16 Å². The van der Waals surface area contributed by atoms with Crippen molar-refractivity contribution in [2.45, 2.75) is 4.21 Å². The monoisotopic (exact) mass is 214 g/mol. The number of nitrogens with zero attached hydrogens (tertiary/aromatic N) is 1. The number of amidine groups is 1. The summed E-state index contributed by atoms with van der Waals surface area (Å²) in [7, 11) is 0. The number of hydrogen-bond acceptors (Lipinski definition) is 4. The molecule has 1 aromatic rings. The summed E-state index contributed by atoms with van der Waals surface area (Å²) in [4.78, 5) is 1.09. The van der Waals surface area contributed by atoms with Gasteiger partial charge in [-0.3, -0.25) is 0 Å². The van der Waals surface area contributed by atoms with E-state index in [-0.39, 0.29) is 5.84 Å². The Morgan fingerprint density at radius 3 is 3.00 bits per heavy atom. The minimum Gasteiger partial charge on any atom is -0.409 e. The Labute approximate surface area is 84.9 Å². The van der Waals surface area contributed by atoms with E-state index in [1.165, 1.54) is 4.21 Å². The van der Waals surface area contributed by atoms with Crippen molar-refractivity contribution in [1.29, 1.82) is 0 Å². The van der Waals surface area contributed by atoms with Crippen LogP contribution in [0.3, 0.4) is 0 Å². The molecular weight excluding hydrogens is 204 g/mol. The number of rotatable bonds is 3. The lowest BCUT2D eigenvalue weighted by atomic mass is 10.4. The fraction of sp³-hybridized carbons (Fsp3) is 0.125. The van der Waals surface area contributed by atoms with Crippen molar-refractivity contribution in [3.8, 4) is 0 Å². The largest absolute Gasteiger partial charge is 0.409 e. The van der Waals surface area contributed by atoms with Gasteiger partial charge >= 0.3 is 0 Å². The topological polar surface area (TPSA) is 58.6 Å². The van der Waals surface area contributed by atoms with Crippen molar-refractivity contribution in [2.24, 2.45) is 10.9 Å². The zero-order valence-electron chi connectivity index (χ0n) is 7.10. The molecule has 0 aliphatic rings. The molecule has 0 radical (unpaired) electrons. The molecule has 0 aromatic carbocycles. The molecule has 5 heteroatoms. The normalized spacial score (nSPS) is 12.5. The van der Waals surface area contributed by atoms with Crippen molar-refractivity contribution in [3.63, 3.8) is 0 Å². The first kappa shape index (κ1) is 10.1. The Morgan fingerprint density at radius 2 is 2.46 bits per heavy atom. The van der Waals surface area contributed by atoms with E-state index in [4.69, 9.17) is 10.9 Å². The molecule has 13 heavy (non-hydrogen) atoms. The molecule has 1 aromatic heterocycles. The maximum Gasteiger partial charge on any atom is 0.162 e. The molecule has 1 heterocycles. The second kappa shape index (κ2) is 4.94. The smallest absolute Gasteiger partial charge is 0.162 e. The van der Waals surface area contributed by atoms with E-state index < -0.39 is 0 Å². The predicted molar refractivity (Wildman–Crippen MR) is 58.5 cm³/mol. The van der Waals surface area contributed by atoms with E-state index in [1.54, 1.807) is 29.2 Å². The third-order valence-corrected chi connectivity index (χ3v) is 3.47. The Bertz CT molecular complexity index is 331. The Kier molecular flexibility index (Phi) is 3.85. The van der Waals surface area contributed by atoms with Crippen LogP contribution in [0.15, 0.2) is 27.6 Å². The first-order valence-electron chi connectivity index (χ1n) is 3.55. The fourth-order valence-corrected chi connectivity index (χ4v) is 2.20. The molecule has 0 saturated carbocycles. The molecule has 0 unspecified atom stereocenters. The average Bonchev–Trinajstić information content (AvgIpc) is 2.61. The van der Waals surface area contributed by atoms with Gasteiger partial charge in [0.2, 0.25) is 0 Å². The van der Waals surface area contributed by atoms with Crippen LogP contribution in [0.2, 0.25) is 0 Å². The molecule has 3 nitrogen and oxygen atoms in total. The van der Waals surface area contributed by atoms with Gasteiger partial charge in [0.05, 0.1) is 4.21 Å². The van der Waals surface area contributed by atoms with Gasteiger partial charge in [-0.25, -0.2) is 0 Å². The summed E-state index contributed by atoms with van der Waals surface area (Å²) in [5.41, 5.74) is 5.27. The van der Waals surface area contributed by atoms with Gasteiger partial charge in [-0.1, -0.05) is 5.16 Å². The highest BCUT2D eigenvalue weighted by atomic mass is 32.2. The Morgan fingerprint density at radius 1 is 1.69 bits per heavy atom. The quantitative estimate of drug-likeness (QED) is 0.267. The highest BCUT2D eigenvalue weighted by Crippen LogP contribution is 2.25. The second-order valence-corrected chi connectivity index (χ2v) is 4.44.